The van der Waals surface area contributed by atoms with Crippen molar-refractivity contribution in [1.82, 2.24) is 4.98 Å². The van der Waals surface area contributed by atoms with Crippen LogP contribution in [0.5, 0.6) is 0 Å². The van der Waals surface area contributed by atoms with Crippen LogP contribution in [0, 0.1) is 0 Å². The molecule has 0 unspecified atom stereocenters. The van der Waals surface area contributed by atoms with Crippen LogP contribution in [0.15, 0.2) is 53.8 Å². The molecule has 1 heterocycles. The smallest absolute Gasteiger partial charge is 0.306 e. The average molecular weight is 298 g/mol. The molecular formula is C16H14N2O2S. The molecule has 0 saturated heterocycles. The normalized spacial score (nSPS) is 9.71. The maximum absolute atomic E-state index is 11.7. The number of esters is 1. The lowest BCUT2D eigenvalue weighted by Crippen LogP contribution is -2.06. The molecule has 2 aromatic rings. The first-order valence-electron chi connectivity index (χ1n) is 6.50. The number of aromatic nitrogens is 1. The molecule has 0 N–H and O–H groups in total. The summed E-state index contributed by atoms with van der Waals surface area (Å²) in [7, 11) is 0. The van der Waals surface area contributed by atoms with E-state index in [0.717, 1.165) is 11.1 Å². The van der Waals surface area contributed by atoms with Gasteiger partial charge in [-0.2, -0.15) is 4.99 Å². The van der Waals surface area contributed by atoms with E-state index >= 15 is 0 Å². The standard InChI is InChI=1S/C16H14N2O2S/c19-16(20-11-13-4-2-1-3-5-13)7-6-14-10-17-9-8-15(14)18-12-21/h1-5,8-10H,6-7,11H2. The average Bonchev–Trinajstić information content (AvgIpc) is 2.53. The number of thiocarbonyl (C=S) groups is 1. The predicted octanol–water partition coefficient (Wildman–Crippen LogP) is 3.49. The number of nitrogens with zero attached hydrogens (tertiary/aromatic N) is 2. The zero-order chi connectivity index (χ0) is 14.9. The van der Waals surface area contributed by atoms with Crippen LogP contribution in [0.3, 0.4) is 0 Å². The first-order chi connectivity index (χ1) is 10.3. The minimum Gasteiger partial charge on any atom is -0.461 e. The van der Waals surface area contributed by atoms with Gasteiger partial charge in [-0.15, -0.1) is 0 Å². The van der Waals surface area contributed by atoms with Crippen molar-refractivity contribution in [3.8, 4) is 0 Å². The Morgan fingerprint density at radius 1 is 1.29 bits per heavy atom. The second kappa shape index (κ2) is 8.04. The maximum Gasteiger partial charge on any atom is 0.306 e. The van der Waals surface area contributed by atoms with Crippen molar-refractivity contribution >= 4 is 29.0 Å². The number of aryl methyl sites for hydroxylation is 1. The van der Waals surface area contributed by atoms with Gasteiger partial charge in [0.2, 0.25) is 0 Å². The van der Waals surface area contributed by atoms with Gasteiger partial charge in [0.05, 0.1) is 10.8 Å². The molecule has 0 aliphatic rings. The highest BCUT2D eigenvalue weighted by Gasteiger charge is 2.07. The number of hydrogen-bond donors (Lipinski definition) is 0. The molecule has 2 rings (SSSR count). The minimum absolute atomic E-state index is 0.250. The van der Waals surface area contributed by atoms with E-state index in [-0.39, 0.29) is 19.0 Å². The fraction of sp³-hybridized carbons (Fsp3) is 0.188. The molecule has 1 aromatic heterocycles. The number of carbonyl (C=O) groups excluding carboxylic acids is 1. The maximum atomic E-state index is 11.7. The molecule has 5 heteroatoms. The van der Waals surface area contributed by atoms with Gasteiger partial charge in [0, 0.05) is 18.8 Å². The van der Waals surface area contributed by atoms with E-state index in [1.54, 1.807) is 18.5 Å². The van der Waals surface area contributed by atoms with Gasteiger partial charge in [0.25, 0.3) is 0 Å². The van der Waals surface area contributed by atoms with E-state index in [2.05, 4.69) is 27.4 Å². The molecule has 0 bridgehead atoms. The van der Waals surface area contributed by atoms with Gasteiger partial charge in [-0.3, -0.25) is 9.78 Å². The highest BCUT2D eigenvalue weighted by molar-refractivity contribution is 7.78. The van der Waals surface area contributed by atoms with Crippen molar-refractivity contribution in [2.45, 2.75) is 19.4 Å². The number of isothiocyanates is 1. The van der Waals surface area contributed by atoms with E-state index in [1.165, 1.54) is 0 Å². The van der Waals surface area contributed by atoms with Gasteiger partial charge < -0.3 is 4.74 Å². The first-order valence-corrected chi connectivity index (χ1v) is 6.90. The second-order valence-electron chi connectivity index (χ2n) is 4.35. The van der Waals surface area contributed by atoms with Crippen LogP contribution in [0.1, 0.15) is 17.5 Å². The van der Waals surface area contributed by atoms with Crippen molar-refractivity contribution in [3.05, 3.63) is 59.9 Å². The summed E-state index contributed by atoms with van der Waals surface area (Å²) >= 11 is 4.60. The van der Waals surface area contributed by atoms with Crippen molar-refractivity contribution in [2.24, 2.45) is 4.99 Å². The van der Waals surface area contributed by atoms with Crippen LogP contribution in [-0.2, 0) is 22.6 Å². The third-order valence-corrected chi connectivity index (χ3v) is 2.98. The van der Waals surface area contributed by atoms with E-state index < -0.39 is 0 Å². The Hall–Kier alpha value is -2.36. The molecule has 0 amide bonds. The van der Waals surface area contributed by atoms with Gasteiger partial charge in [-0.1, -0.05) is 30.3 Å². The molecule has 0 aliphatic carbocycles. The Kier molecular flexibility index (Phi) is 5.76. The molecule has 0 atom stereocenters. The lowest BCUT2D eigenvalue weighted by Gasteiger charge is -2.06. The Bertz CT molecular complexity index is 652. The lowest BCUT2D eigenvalue weighted by atomic mass is 10.1. The van der Waals surface area contributed by atoms with Crippen molar-refractivity contribution < 1.29 is 9.53 Å². The summed E-state index contributed by atoms with van der Waals surface area (Å²) in [4.78, 5) is 19.7. The fourth-order valence-electron chi connectivity index (χ4n) is 1.82. The van der Waals surface area contributed by atoms with Crippen LogP contribution in [0.25, 0.3) is 0 Å². The number of rotatable bonds is 6. The molecular weight excluding hydrogens is 284 g/mol. The highest BCUT2D eigenvalue weighted by Crippen LogP contribution is 2.18. The summed E-state index contributed by atoms with van der Waals surface area (Å²) in [5.41, 5.74) is 2.51. The number of ether oxygens (including phenoxy) is 1. The Morgan fingerprint density at radius 2 is 2.10 bits per heavy atom. The fourth-order valence-corrected chi connectivity index (χ4v) is 1.92. The van der Waals surface area contributed by atoms with Gasteiger partial charge in [-0.05, 0) is 35.8 Å². The van der Waals surface area contributed by atoms with Gasteiger partial charge in [-0.25, -0.2) is 0 Å². The monoisotopic (exact) mass is 298 g/mol. The SMILES string of the molecule is O=C(CCc1cnccc1N=C=S)OCc1ccccc1. The summed E-state index contributed by atoms with van der Waals surface area (Å²) in [6.45, 7) is 0.289. The van der Waals surface area contributed by atoms with Crippen molar-refractivity contribution in [2.75, 3.05) is 0 Å². The molecule has 4 nitrogen and oxygen atoms in total. The summed E-state index contributed by atoms with van der Waals surface area (Å²) in [5, 5.41) is 2.32. The van der Waals surface area contributed by atoms with Crippen molar-refractivity contribution in [1.29, 1.82) is 0 Å². The van der Waals surface area contributed by atoms with Gasteiger partial charge in [0.15, 0.2) is 0 Å². The van der Waals surface area contributed by atoms with E-state index in [1.807, 2.05) is 30.3 Å². The molecule has 0 aliphatic heterocycles. The lowest BCUT2D eigenvalue weighted by molar-refractivity contribution is -0.144. The Balaban J connectivity index is 1.85. The molecule has 21 heavy (non-hydrogen) atoms. The summed E-state index contributed by atoms with van der Waals surface area (Å²) < 4.78 is 5.22. The van der Waals surface area contributed by atoms with Crippen LogP contribution in [0.4, 0.5) is 5.69 Å². The Labute approximate surface area is 128 Å². The molecule has 0 saturated carbocycles. The number of benzene rings is 1. The first kappa shape index (κ1) is 15.0. The van der Waals surface area contributed by atoms with Crippen molar-refractivity contribution in [3.63, 3.8) is 0 Å². The molecule has 0 spiro atoms. The zero-order valence-corrected chi connectivity index (χ0v) is 12.2. The highest BCUT2D eigenvalue weighted by atomic mass is 32.1. The summed E-state index contributed by atoms with van der Waals surface area (Å²) in [5.74, 6) is -0.250. The van der Waals surface area contributed by atoms with Crippen LogP contribution >= 0.6 is 12.2 Å². The third kappa shape index (κ3) is 4.91. The number of hydrogen-bond acceptors (Lipinski definition) is 5. The quantitative estimate of drug-likeness (QED) is 0.465. The predicted molar refractivity (Wildman–Crippen MR) is 83.5 cm³/mol. The second-order valence-corrected chi connectivity index (χ2v) is 4.54. The molecule has 1 aromatic carbocycles. The number of pyridine rings is 1. The van der Waals surface area contributed by atoms with Gasteiger partial charge in [0.1, 0.15) is 6.61 Å². The van der Waals surface area contributed by atoms with E-state index in [4.69, 9.17) is 4.74 Å². The van der Waals surface area contributed by atoms with Gasteiger partial charge >= 0.3 is 5.97 Å². The van der Waals surface area contributed by atoms with Crippen LogP contribution in [0.2, 0.25) is 0 Å². The molecule has 0 fully saturated rings. The molecule has 106 valence electrons. The Morgan fingerprint density at radius 3 is 2.86 bits per heavy atom. The minimum atomic E-state index is -0.250. The van der Waals surface area contributed by atoms with Crippen LogP contribution < -0.4 is 0 Å². The third-order valence-electron chi connectivity index (χ3n) is 2.89. The topological polar surface area (TPSA) is 51.5 Å². The molecule has 0 radical (unpaired) electrons. The largest absolute Gasteiger partial charge is 0.461 e. The summed E-state index contributed by atoms with van der Waals surface area (Å²) in [6.07, 6.45) is 4.09. The van der Waals surface area contributed by atoms with E-state index in [0.29, 0.717) is 12.1 Å². The summed E-state index contributed by atoms with van der Waals surface area (Å²) in [6, 6.07) is 11.3. The number of aliphatic imine (C=N–C) groups is 1. The van der Waals surface area contributed by atoms with Crippen LogP contribution in [-0.4, -0.2) is 16.1 Å². The van der Waals surface area contributed by atoms with E-state index in [9.17, 15) is 4.79 Å². The number of carbonyl (C=O) groups is 1. The zero-order valence-electron chi connectivity index (χ0n) is 11.4.